The molecule has 3 rings (SSSR count). The zero-order chi connectivity index (χ0) is 18.8. The highest BCUT2D eigenvalue weighted by Gasteiger charge is 2.39. The fourth-order valence-electron chi connectivity index (χ4n) is 3.45. The Bertz CT molecular complexity index is 836. The summed E-state index contributed by atoms with van der Waals surface area (Å²) in [6, 6.07) is 6.00. The van der Waals surface area contributed by atoms with Crippen molar-refractivity contribution in [2.75, 3.05) is 25.0 Å². The third kappa shape index (κ3) is 3.91. The Morgan fingerprint density at radius 1 is 1.38 bits per heavy atom. The van der Waals surface area contributed by atoms with Gasteiger partial charge >= 0.3 is 5.97 Å². The number of nitrogens with one attached hydrogen (secondary N) is 1. The Labute approximate surface area is 150 Å². The maximum atomic E-state index is 13.5. The highest BCUT2D eigenvalue weighted by molar-refractivity contribution is 5.92. The van der Waals surface area contributed by atoms with E-state index in [1.165, 1.54) is 12.1 Å². The van der Waals surface area contributed by atoms with Gasteiger partial charge in [0, 0.05) is 32.3 Å². The van der Waals surface area contributed by atoms with E-state index < -0.39 is 17.7 Å². The molecule has 2 N–H and O–H groups in total. The molecule has 2 aromatic rings. The van der Waals surface area contributed by atoms with Gasteiger partial charge in [-0.1, -0.05) is 12.1 Å². The van der Waals surface area contributed by atoms with E-state index in [-0.39, 0.29) is 24.9 Å². The van der Waals surface area contributed by atoms with E-state index in [1.807, 2.05) is 0 Å². The van der Waals surface area contributed by atoms with Crippen LogP contribution >= 0.6 is 0 Å². The summed E-state index contributed by atoms with van der Waals surface area (Å²) in [5, 5.41) is 16.5. The number of rotatable bonds is 5. The number of benzene rings is 1. The SMILES string of the molecule is Cc1nn(C)cc1NC(=O)CN1C[C@H](C(=O)O)[C@@H](c2cccc(F)c2)C1. The number of amides is 1. The first-order valence-electron chi connectivity index (χ1n) is 8.34. The fourth-order valence-corrected chi connectivity index (χ4v) is 3.45. The average molecular weight is 360 g/mol. The second-order valence-corrected chi connectivity index (χ2v) is 6.65. The summed E-state index contributed by atoms with van der Waals surface area (Å²) in [6.07, 6.45) is 1.72. The quantitative estimate of drug-likeness (QED) is 0.846. The lowest BCUT2D eigenvalue weighted by Gasteiger charge is -2.16. The number of aryl methyl sites for hydroxylation is 2. The molecule has 0 aliphatic carbocycles. The van der Waals surface area contributed by atoms with E-state index in [1.54, 1.807) is 41.9 Å². The highest BCUT2D eigenvalue weighted by Crippen LogP contribution is 2.33. The molecular weight excluding hydrogens is 339 g/mol. The second kappa shape index (κ2) is 7.25. The molecule has 1 aromatic heterocycles. The molecule has 0 radical (unpaired) electrons. The van der Waals surface area contributed by atoms with Crippen molar-refractivity contribution < 1.29 is 19.1 Å². The van der Waals surface area contributed by atoms with E-state index in [2.05, 4.69) is 10.4 Å². The number of aliphatic carboxylic acids is 1. The van der Waals surface area contributed by atoms with Crippen LogP contribution in [0.15, 0.2) is 30.5 Å². The van der Waals surface area contributed by atoms with Crippen LogP contribution in [0.2, 0.25) is 0 Å². The number of likely N-dealkylation sites (tertiary alicyclic amines) is 1. The van der Waals surface area contributed by atoms with E-state index >= 15 is 0 Å². The monoisotopic (exact) mass is 360 g/mol. The predicted octanol–water partition coefficient (Wildman–Crippen LogP) is 1.61. The predicted molar refractivity (Wildman–Crippen MR) is 93.3 cm³/mol. The lowest BCUT2D eigenvalue weighted by atomic mass is 9.89. The minimum Gasteiger partial charge on any atom is -0.481 e. The number of anilines is 1. The van der Waals surface area contributed by atoms with Crippen molar-refractivity contribution in [2.24, 2.45) is 13.0 Å². The third-order valence-corrected chi connectivity index (χ3v) is 4.64. The van der Waals surface area contributed by atoms with Crippen molar-refractivity contribution in [3.05, 3.63) is 47.5 Å². The van der Waals surface area contributed by atoms with Crippen molar-refractivity contribution in [2.45, 2.75) is 12.8 Å². The summed E-state index contributed by atoms with van der Waals surface area (Å²) < 4.78 is 15.1. The first kappa shape index (κ1) is 18.1. The van der Waals surface area contributed by atoms with E-state index in [4.69, 9.17) is 0 Å². The van der Waals surface area contributed by atoms with Gasteiger partial charge in [-0.15, -0.1) is 0 Å². The summed E-state index contributed by atoms with van der Waals surface area (Å²) in [7, 11) is 1.77. The maximum Gasteiger partial charge on any atom is 0.308 e. The first-order chi connectivity index (χ1) is 12.3. The summed E-state index contributed by atoms with van der Waals surface area (Å²) in [4.78, 5) is 25.7. The molecule has 1 saturated heterocycles. The zero-order valence-corrected chi connectivity index (χ0v) is 14.6. The van der Waals surface area contributed by atoms with Crippen LogP contribution in [-0.4, -0.2) is 51.3 Å². The Morgan fingerprint density at radius 3 is 2.77 bits per heavy atom. The van der Waals surface area contributed by atoms with E-state index in [9.17, 15) is 19.1 Å². The van der Waals surface area contributed by atoms with Gasteiger partial charge in [-0.05, 0) is 24.6 Å². The standard InChI is InChI=1S/C18H21FN4O3/c1-11-16(9-22(2)21-11)20-17(24)10-23-7-14(15(8-23)18(25)26)12-4-3-5-13(19)6-12/h3-6,9,14-15H,7-8,10H2,1-2H3,(H,20,24)(H,25,26)/t14-,15+/m1/s1. The fraction of sp³-hybridized carbons (Fsp3) is 0.389. The van der Waals surface area contributed by atoms with Crippen molar-refractivity contribution in [1.29, 1.82) is 0 Å². The van der Waals surface area contributed by atoms with Gasteiger partial charge in [-0.2, -0.15) is 5.10 Å². The van der Waals surface area contributed by atoms with Crippen molar-refractivity contribution in [1.82, 2.24) is 14.7 Å². The average Bonchev–Trinajstić information content (AvgIpc) is 3.11. The van der Waals surface area contributed by atoms with E-state index in [0.29, 0.717) is 23.5 Å². The van der Waals surface area contributed by atoms with Crippen LogP contribution in [0.4, 0.5) is 10.1 Å². The molecule has 2 heterocycles. The molecule has 1 amide bonds. The van der Waals surface area contributed by atoms with Gasteiger partial charge in [-0.25, -0.2) is 4.39 Å². The maximum absolute atomic E-state index is 13.5. The van der Waals surface area contributed by atoms with Crippen molar-refractivity contribution >= 4 is 17.6 Å². The molecule has 2 atom stereocenters. The Morgan fingerprint density at radius 2 is 2.15 bits per heavy atom. The van der Waals surface area contributed by atoms with Gasteiger partial charge in [0.25, 0.3) is 0 Å². The van der Waals surface area contributed by atoms with E-state index in [0.717, 1.165) is 0 Å². The molecule has 26 heavy (non-hydrogen) atoms. The van der Waals surface area contributed by atoms with Gasteiger partial charge in [0.15, 0.2) is 0 Å². The zero-order valence-electron chi connectivity index (χ0n) is 14.6. The molecule has 1 fully saturated rings. The third-order valence-electron chi connectivity index (χ3n) is 4.64. The first-order valence-corrected chi connectivity index (χ1v) is 8.34. The summed E-state index contributed by atoms with van der Waals surface area (Å²) in [5.41, 5.74) is 1.99. The molecule has 0 unspecified atom stereocenters. The molecule has 8 heteroatoms. The molecule has 1 aromatic carbocycles. The van der Waals surface area contributed by atoms with Gasteiger partial charge in [-0.3, -0.25) is 19.2 Å². The minimum atomic E-state index is -0.940. The highest BCUT2D eigenvalue weighted by atomic mass is 19.1. The van der Waals surface area contributed by atoms with Crippen LogP contribution in [0.1, 0.15) is 17.2 Å². The number of carbonyl (C=O) groups excluding carboxylic acids is 1. The number of hydrogen-bond acceptors (Lipinski definition) is 4. The molecule has 0 bridgehead atoms. The van der Waals surface area contributed by atoms with Gasteiger partial charge in [0.1, 0.15) is 5.82 Å². The molecule has 0 spiro atoms. The number of nitrogens with zero attached hydrogens (tertiary/aromatic N) is 3. The molecular formula is C18H21FN4O3. The Kier molecular flexibility index (Phi) is 5.03. The van der Waals surface area contributed by atoms with Gasteiger partial charge in [0.2, 0.25) is 5.91 Å². The normalized spacial score (nSPS) is 20.3. The smallest absolute Gasteiger partial charge is 0.308 e. The van der Waals surface area contributed by atoms with Crippen LogP contribution in [-0.2, 0) is 16.6 Å². The van der Waals surface area contributed by atoms with Gasteiger partial charge < -0.3 is 10.4 Å². The van der Waals surface area contributed by atoms with Crippen LogP contribution in [0.5, 0.6) is 0 Å². The Hall–Kier alpha value is -2.74. The van der Waals surface area contributed by atoms with Crippen LogP contribution in [0.3, 0.4) is 0 Å². The summed E-state index contributed by atoms with van der Waals surface area (Å²) >= 11 is 0. The molecule has 7 nitrogen and oxygen atoms in total. The number of carbonyl (C=O) groups is 2. The second-order valence-electron chi connectivity index (χ2n) is 6.65. The largest absolute Gasteiger partial charge is 0.481 e. The molecule has 138 valence electrons. The van der Waals surface area contributed by atoms with Crippen LogP contribution < -0.4 is 5.32 Å². The molecule has 0 saturated carbocycles. The van der Waals surface area contributed by atoms with Crippen LogP contribution in [0.25, 0.3) is 0 Å². The van der Waals surface area contributed by atoms with Gasteiger partial charge in [0.05, 0.1) is 23.8 Å². The summed E-state index contributed by atoms with van der Waals surface area (Å²) in [5.74, 6) is -2.59. The number of halogens is 1. The number of carboxylic acid groups (broad SMARTS) is 1. The molecule has 1 aliphatic rings. The number of carboxylic acids is 1. The topological polar surface area (TPSA) is 87.5 Å². The minimum absolute atomic E-state index is 0.0733. The lowest BCUT2D eigenvalue weighted by Crippen LogP contribution is -2.32. The molecule has 1 aliphatic heterocycles. The number of hydrogen-bond donors (Lipinski definition) is 2. The lowest BCUT2D eigenvalue weighted by molar-refractivity contribution is -0.141. The Balaban J connectivity index is 1.68. The number of aromatic nitrogens is 2. The van der Waals surface area contributed by atoms with Crippen molar-refractivity contribution in [3.8, 4) is 0 Å². The van der Waals surface area contributed by atoms with Crippen molar-refractivity contribution in [3.63, 3.8) is 0 Å². The summed E-state index contributed by atoms with van der Waals surface area (Å²) in [6.45, 7) is 2.51. The van der Waals surface area contributed by atoms with Crippen LogP contribution in [0, 0.1) is 18.7 Å².